The third-order valence-corrected chi connectivity index (χ3v) is 3.96. The lowest BCUT2D eigenvalue weighted by Crippen LogP contribution is -2.25. The van der Waals surface area contributed by atoms with Crippen LogP contribution < -0.4 is 10.5 Å². The fraction of sp³-hybridized carbons (Fsp3) is 0.273. The highest BCUT2D eigenvalue weighted by molar-refractivity contribution is 7.89. The largest absolute Gasteiger partial charge is 0.384 e. The first-order valence-corrected chi connectivity index (χ1v) is 7.26. The molecule has 0 saturated carbocycles. The molecule has 102 valence electrons. The van der Waals surface area contributed by atoms with Gasteiger partial charge in [0.2, 0.25) is 10.0 Å². The number of H-pyrrole nitrogens is 1. The summed E-state index contributed by atoms with van der Waals surface area (Å²) >= 11 is 0. The molecule has 7 nitrogen and oxygen atoms in total. The topological polar surface area (TPSA) is 114 Å². The summed E-state index contributed by atoms with van der Waals surface area (Å²) in [5.74, 6) is 1.02. The number of nitrogens with zero attached hydrogens (tertiary/aromatic N) is 2. The Labute approximate surface area is 111 Å². The number of imidazole rings is 1. The van der Waals surface area contributed by atoms with Crippen molar-refractivity contribution in [3.8, 4) is 0 Å². The molecular formula is C11H15N5O2S. The van der Waals surface area contributed by atoms with E-state index in [4.69, 9.17) is 5.73 Å². The second kappa shape index (κ2) is 5.81. The molecule has 0 saturated heterocycles. The molecule has 8 heteroatoms. The van der Waals surface area contributed by atoms with Gasteiger partial charge >= 0.3 is 0 Å². The van der Waals surface area contributed by atoms with Gasteiger partial charge in [0, 0.05) is 37.6 Å². The molecule has 0 unspecified atom stereocenters. The molecule has 0 aliphatic carbocycles. The molecule has 0 aromatic carbocycles. The minimum absolute atomic E-state index is 0.123. The molecule has 2 rings (SSSR count). The van der Waals surface area contributed by atoms with Gasteiger partial charge in [-0.3, -0.25) is 0 Å². The molecule has 19 heavy (non-hydrogen) atoms. The highest BCUT2D eigenvalue weighted by Gasteiger charge is 2.13. The summed E-state index contributed by atoms with van der Waals surface area (Å²) in [7, 11) is -3.52. The SMILES string of the molecule is Nc1cc(S(=O)(=O)NCCCc2ncc[nH]2)ccn1. The van der Waals surface area contributed by atoms with E-state index in [9.17, 15) is 8.42 Å². The van der Waals surface area contributed by atoms with Crippen molar-refractivity contribution in [2.45, 2.75) is 17.7 Å². The van der Waals surface area contributed by atoms with E-state index >= 15 is 0 Å². The number of aromatic amines is 1. The zero-order chi connectivity index (χ0) is 13.7. The lowest BCUT2D eigenvalue weighted by molar-refractivity contribution is 0.578. The zero-order valence-electron chi connectivity index (χ0n) is 10.2. The van der Waals surface area contributed by atoms with E-state index in [2.05, 4.69) is 19.7 Å². The minimum atomic E-state index is -3.52. The highest BCUT2D eigenvalue weighted by Crippen LogP contribution is 2.10. The van der Waals surface area contributed by atoms with Crippen molar-refractivity contribution in [3.63, 3.8) is 0 Å². The molecule has 0 bridgehead atoms. The molecule has 0 fully saturated rings. The maximum absolute atomic E-state index is 11.9. The van der Waals surface area contributed by atoms with Crippen LogP contribution in [0.3, 0.4) is 0 Å². The first-order chi connectivity index (χ1) is 9.08. The van der Waals surface area contributed by atoms with Crippen LogP contribution in [0.4, 0.5) is 5.82 Å². The Bertz CT molecular complexity index is 624. The molecule has 0 aliphatic heterocycles. The van der Waals surface area contributed by atoms with Crippen molar-refractivity contribution in [1.29, 1.82) is 0 Å². The van der Waals surface area contributed by atoms with E-state index < -0.39 is 10.0 Å². The fourth-order valence-electron chi connectivity index (χ4n) is 1.58. The predicted molar refractivity (Wildman–Crippen MR) is 70.7 cm³/mol. The van der Waals surface area contributed by atoms with Gasteiger partial charge in [-0.2, -0.15) is 0 Å². The van der Waals surface area contributed by atoms with Crippen LogP contribution in [-0.2, 0) is 16.4 Å². The number of sulfonamides is 1. The Hall–Kier alpha value is -1.93. The summed E-state index contributed by atoms with van der Waals surface area (Å²) in [6.07, 6.45) is 6.12. The van der Waals surface area contributed by atoms with Crippen molar-refractivity contribution in [3.05, 3.63) is 36.5 Å². The molecule has 2 aromatic rings. The first kappa shape index (κ1) is 13.5. The second-order valence-electron chi connectivity index (χ2n) is 3.95. The molecular weight excluding hydrogens is 266 g/mol. The number of hydrogen-bond donors (Lipinski definition) is 3. The van der Waals surface area contributed by atoms with E-state index in [1.165, 1.54) is 18.3 Å². The number of nitrogens with two attached hydrogens (primary N) is 1. The summed E-state index contributed by atoms with van der Waals surface area (Å²) in [5, 5.41) is 0. The average molecular weight is 281 g/mol. The Balaban J connectivity index is 1.88. The summed E-state index contributed by atoms with van der Waals surface area (Å²) in [6, 6.07) is 2.74. The van der Waals surface area contributed by atoms with Crippen LogP contribution in [0.2, 0.25) is 0 Å². The van der Waals surface area contributed by atoms with E-state index in [1.807, 2.05) is 0 Å². The molecule has 0 radical (unpaired) electrons. The number of anilines is 1. The molecule has 0 aliphatic rings. The molecule has 2 heterocycles. The van der Waals surface area contributed by atoms with E-state index in [-0.39, 0.29) is 10.7 Å². The van der Waals surface area contributed by atoms with Crippen molar-refractivity contribution in [2.24, 2.45) is 0 Å². The summed E-state index contributed by atoms with van der Waals surface area (Å²) in [4.78, 5) is 10.9. The lowest BCUT2D eigenvalue weighted by Gasteiger charge is -2.06. The van der Waals surface area contributed by atoms with Crippen LogP contribution in [0, 0.1) is 0 Å². The number of pyridine rings is 1. The third-order valence-electron chi connectivity index (χ3n) is 2.50. The van der Waals surface area contributed by atoms with Gasteiger partial charge < -0.3 is 10.7 Å². The van der Waals surface area contributed by atoms with Crippen molar-refractivity contribution in [2.75, 3.05) is 12.3 Å². The Morgan fingerprint density at radius 1 is 1.32 bits per heavy atom. The maximum atomic E-state index is 11.9. The van der Waals surface area contributed by atoms with Gasteiger partial charge in [-0.15, -0.1) is 0 Å². The van der Waals surface area contributed by atoms with Gasteiger partial charge in [-0.25, -0.2) is 23.1 Å². The molecule has 0 spiro atoms. The molecule has 0 atom stereocenters. The number of rotatable bonds is 6. The molecule has 4 N–H and O–H groups in total. The first-order valence-electron chi connectivity index (χ1n) is 5.77. The summed E-state index contributed by atoms with van der Waals surface area (Å²) < 4.78 is 26.4. The van der Waals surface area contributed by atoms with Gasteiger partial charge in [0.1, 0.15) is 11.6 Å². The normalized spacial score (nSPS) is 11.6. The van der Waals surface area contributed by atoms with Crippen LogP contribution >= 0.6 is 0 Å². The standard InChI is InChI=1S/C11H15N5O2S/c12-10-8-9(3-5-13-10)19(17,18)16-4-1-2-11-14-6-7-15-11/h3,5-8,16H,1-2,4H2,(H2,12,13)(H,14,15). The summed E-state index contributed by atoms with van der Waals surface area (Å²) in [6.45, 7) is 0.339. The van der Waals surface area contributed by atoms with E-state index in [1.54, 1.807) is 12.4 Å². The van der Waals surface area contributed by atoms with Crippen molar-refractivity contribution >= 4 is 15.8 Å². The van der Waals surface area contributed by atoms with Gasteiger partial charge in [-0.05, 0) is 12.5 Å². The van der Waals surface area contributed by atoms with Gasteiger partial charge in [-0.1, -0.05) is 0 Å². The smallest absolute Gasteiger partial charge is 0.240 e. The quantitative estimate of drug-likeness (QED) is 0.659. The fourth-order valence-corrected chi connectivity index (χ4v) is 2.67. The van der Waals surface area contributed by atoms with Gasteiger partial charge in [0.15, 0.2) is 0 Å². The van der Waals surface area contributed by atoms with Crippen molar-refractivity contribution in [1.82, 2.24) is 19.7 Å². The zero-order valence-corrected chi connectivity index (χ0v) is 11.0. The van der Waals surface area contributed by atoms with Crippen LogP contribution in [0.25, 0.3) is 0 Å². The lowest BCUT2D eigenvalue weighted by atomic mass is 10.3. The van der Waals surface area contributed by atoms with Gasteiger partial charge in [0.25, 0.3) is 0 Å². The monoisotopic (exact) mass is 281 g/mol. The molecule has 2 aromatic heterocycles. The third kappa shape index (κ3) is 3.76. The van der Waals surface area contributed by atoms with E-state index in [0.29, 0.717) is 19.4 Å². The Morgan fingerprint density at radius 2 is 2.16 bits per heavy atom. The van der Waals surface area contributed by atoms with Crippen LogP contribution in [0.15, 0.2) is 35.6 Å². The molecule has 0 amide bonds. The summed E-state index contributed by atoms with van der Waals surface area (Å²) in [5.41, 5.74) is 5.46. The Morgan fingerprint density at radius 3 is 2.84 bits per heavy atom. The predicted octanol–water partition coefficient (Wildman–Crippen LogP) is 0.298. The van der Waals surface area contributed by atoms with Crippen LogP contribution in [-0.4, -0.2) is 29.9 Å². The number of nitrogen functional groups attached to an aromatic ring is 1. The maximum Gasteiger partial charge on any atom is 0.240 e. The van der Waals surface area contributed by atoms with E-state index in [0.717, 1.165) is 5.82 Å². The number of aromatic nitrogens is 3. The Kier molecular flexibility index (Phi) is 4.13. The minimum Gasteiger partial charge on any atom is -0.384 e. The van der Waals surface area contributed by atoms with Crippen LogP contribution in [0.1, 0.15) is 12.2 Å². The number of hydrogen-bond acceptors (Lipinski definition) is 5. The second-order valence-corrected chi connectivity index (χ2v) is 5.72. The van der Waals surface area contributed by atoms with Gasteiger partial charge in [0.05, 0.1) is 4.90 Å². The number of aryl methyl sites for hydroxylation is 1. The highest BCUT2D eigenvalue weighted by atomic mass is 32.2. The number of nitrogens with one attached hydrogen (secondary N) is 2. The average Bonchev–Trinajstić information content (AvgIpc) is 2.88. The van der Waals surface area contributed by atoms with Crippen molar-refractivity contribution < 1.29 is 8.42 Å². The van der Waals surface area contributed by atoms with Crippen LogP contribution in [0.5, 0.6) is 0 Å².